The molecule has 4 rings (SSSR count). The van der Waals surface area contributed by atoms with E-state index in [9.17, 15) is 9.59 Å². The Bertz CT molecular complexity index is 1220. The second kappa shape index (κ2) is 7.59. The van der Waals surface area contributed by atoms with E-state index >= 15 is 0 Å². The van der Waals surface area contributed by atoms with Gasteiger partial charge in [-0.1, -0.05) is 42.5 Å². The fourth-order valence-electron chi connectivity index (χ4n) is 3.27. The zero-order chi connectivity index (χ0) is 20.4. The molecule has 6 nitrogen and oxygen atoms in total. The number of benzene rings is 2. The summed E-state index contributed by atoms with van der Waals surface area (Å²) in [5, 5.41) is 4.48. The fraction of sp³-hybridized carbons (Fsp3) is 0.0870. The Morgan fingerprint density at radius 2 is 1.69 bits per heavy atom. The van der Waals surface area contributed by atoms with Crippen molar-refractivity contribution in [1.82, 2.24) is 14.3 Å². The van der Waals surface area contributed by atoms with Crippen LogP contribution in [0.4, 0.5) is 0 Å². The van der Waals surface area contributed by atoms with Crippen LogP contribution in [0.2, 0.25) is 0 Å². The van der Waals surface area contributed by atoms with E-state index in [1.165, 1.54) is 0 Å². The van der Waals surface area contributed by atoms with Crippen molar-refractivity contribution in [1.29, 1.82) is 0 Å². The number of amides is 1. The summed E-state index contributed by atoms with van der Waals surface area (Å²) in [6, 6.07) is 18.6. The highest BCUT2D eigenvalue weighted by atomic mass is 16.1. The maximum atomic E-state index is 12.3. The van der Waals surface area contributed by atoms with Gasteiger partial charge in [-0.3, -0.25) is 14.3 Å². The molecule has 0 aliphatic rings. The molecule has 29 heavy (non-hydrogen) atoms. The molecule has 0 unspecified atom stereocenters. The Labute approximate surface area is 167 Å². The number of hydrogen-bond donors (Lipinski definition) is 1. The molecular weight excluding hydrogens is 364 g/mol. The summed E-state index contributed by atoms with van der Waals surface area (Å²) in [5.74, 6) is -0.483. The highest BCUT2D eigenvalue weighted by Gasteiger charge is 2.13. The van der Waals surface area contributed by atoms with Crippen molar-refractivity contribution in [2.24, 2.45) is 12.8 Å². The SMILES string of the molecule is Cn1cc(-c2cnn(Cc3ccccc3)c2)c(-c2ccc(C(N)=O)cc2)cc1=O. The Balaban J connectivity index is 1.75. The molecular formula is C23H20N4O2. The summed E-state index contributed by atoms with van der Waals surface area (Å²) >= 11 is 0. The van der Waals surface area contributed by atoms with Crippen molar-refractivity contribution in [2.45, 2.75) is 6.54 Å². The molecule has 0 saturated heterocycles. The van der Waals surface area contributed by atoms with Crippen LogP contribution in [0.3, 0.4) is 0 Å². The molecule has 0 bridgehead atoms. The van der Waals surface area contributed by atoms with Crippen LogP contribution in [0, 0.1) is 0 Å². The lowest BCUT2D eigenvalue weighted by Gasteiger charge is -2.11. The first kappa shape index (κ1) is 18.4. The van der Waals surface area contributed by atoms with Crippen LogP contribution in [0.15, 0.2) is 84.0 Å². The van der Waals surface area contributed by atoms with Crippen LogP contribution in [-0.4, -0.2) is 20.3 Å². The number of primary amides is 1. The van der Waals surface area contributed by atoms with E-state index in [2.05, 4.69) is 17.2 Å². The van der Waals surface area contributed by atoms with Crippen LogP contribution < -0.4 is 11.3 Å². The summed E-state index contributed by atoms with van der Waals surface area (Å²) in [5.41, 5.74) is 10.2. The Morgan fingerprint density at radius 1 is 0.966 bits per heavy atom. The van der Waals surface area contributed by atoms with Crippen LogP contribution in [-0.2, 0) is 13.6 Å². The molecule has 0 aliphatic carbocycles. The van der Waals surface area contributed by atoms with Gasteiger partial charge in [0.05, 0.1) is 12.7 Å². The molecule has 1 amide bonds. The molecule has 0 aliphatic heterocycles. The average Bonchev–Trinajstić information content (AvgIpc) is 3.19. The minimum absolute atomic E-state index is 0.112. The normalized spacial score (nSPS) is 10.8. The molecule has 2 aromatic heterocycles. The minimum atomic E-state index is -0.483. The number of carbonyl (C=O) groups excluding carboxylic acids is 1. The van der Waals surface area contributed by atoms with E-state index in [1.54, 1.807) is 48.1 Å². The molecule has 0 atom stereocenters. The fourth-order valence-corrected chi connectivity index (χ4v) is 3.27. The molecule has 2 heterocycles. The molecule has 4 aromatic rings. The van der Waals surface area contributed by atoms with E-state index in [0.29, 0.717) is 12.1 Å². The average molecular weight is 384 g/mol. The zero-order valence-electron chi connectivity index (χ0n) is 15.9. The minimum Gasteiger partial charge on any atom is -0.366 e. The summed E-state index contributed by atoms with van der Waals surface area (Å²) in [6.07, 6.45) is 5.57. The van der Waals surface area contributed by atoms with Gasteiger partial charge < -0.3 is 10.3 Å². The largest absolute Gasteiger partial charge is 0.366 e. The van der Waals surface area contributed by atoms with E-state index in [1.807, 2.05) is 35.3 Å². The van der Waals surface area contributed by atoms with Gasteiger partial charge in [0, 0.05) is 42.2 Å². The Morgan fingerprint density at radius 3 is 2.38 bits per heavy atom. The van der Waals surface area contributed by atoms with Crippen molar-refractivity contribution < 1.29 is 4.79 Å². The van der Waals surface area contributed by atoms with Gasteiger partial charge in [-0.2, -0.15) is 5.10 Å². The number of rotatable bonds is 5. The quantitative estimate of drug-likeness (QED) is 0.574. The number of nitrogens with zero attached hydrogens (tertiary/aromatic N) is 3. The van der Waals surface area contributed by atoms with Gasteiger partial charge in [0.1, 0.15) is 0 Å². The standard InChI is InChI=1S/C23H20N4O2/c1-26-15-21(19-12-25-27(14-19)13-16-5-3-2-4-6-16)20(11-22(26)28)17-7-9-18(10-8-17)23(24)29/h2-12,14-15H,13H2,1H3,(H2,24,29). The van der Waals surface area contributed by atoms with Crippen LogP contribution in [0.1, 0.15) is 15.9 Å². The molecule has 2 aromatic carbocycles. The first-order valence-electron chi connectivity index (χ1n) is 9.19. The van der Waals surface area contributed by atoms with E-state index in [0.717, 1.165) is 27.8 Å². The predicted molar refractivity (Wildman–Crippen MR) is 112 cm³/mol. The molecule has 144 valence electrons. The summed E-state index contributed by atoms with van der Waals surface area (Å²) in [4.78, 5) is 23.6. The highest BCUT2D eigenvalue weighted by Crippen LogP contribution is 2.31. The van der Waals surface area contributed by atoms with Crippen molar-refractivity contribution >= 4 is 5.91 Å². The molecule has 0 fully saturated rings. The number of carbonyl (C=O) groups is 1. The molecule has 2 N–H and O–H groups in total. The lowest BCUT2D eigenvalue weighted by atomic mass is 9.97. The smallest absolute Gasteiger partial charge is 0.250 e. The zero-order valence-corrected chi connectivity index (χ0v) is 15.9. The second-order valence-corrected chi connectivity index (χ2v) is 6.90. The topological polar surface area (TPSA) is 82.9 Å². The number of aryl methyl sites for hydroxylation is 1. The number of hydrogen-bond acceptors (Lipinski definition) is 3. The number of aromatic nitrogens is 3. The summed E-state index contributed by atoms with van der Waals surface area (Å²) in [7, 11) is 1.72. The van der Waals surface area contributed by atoms with Crippen molar-refractivity contribution in [3.8, 4) is 22.3 Å². The van der Waals surface area contributed by atoms with Crippen LogP contribution in [0.25, 0.3) is 22.3 Å². The van der Waals surface area contributed by atoms with Gasteiger partial charge in [0.25, 0.3) is 5.56 Å². The third-order valence-electron chi connectivity index (χ3n) is 4.84. The number of pyridine rings is 1. The van der Waals surface area contributed by atoms with Crippen molar-refractivity contribution in [2.75, 3.05) is 0 Å². The maximum absolute atomic E-state index is 12.3. The lowest BCUT2D eigenvalue weighted by Crippen LogP contribution is -2.15. The molecule has 0 radical (unpaired) electrons. The van der Waals surface area contributed by atoms with Gasteiger partial charge in [0.15, 0.2) is 0 Å². The molecule has 6 heteroatoms. The predicted octanol–water partition coefficient (Wildman–Crippen LogP) is 3.06. The molecule has 0 spiro atoms. The van der Waals surface area contributed by atoms with Crippen molar-refractivity contribution in [3.63, 3.8) is 0 Å². The van der Waals surface area contributed by atoms with Gasteiger partial charge in [0.2, 0.25) is 5.91 Å². The first-order chi connectivity index (χ1) is 14.0. The maximum Gasteiger partial charge on any atom is 0.250 e. The van der Waals surface area contributed by atoms with Gasteiger partial charge in [-0.05, 0) is 28.8 Å². The Kier molecular flexibility index (Phi) is 4.83. The third kappa shape index (κ3) is 3.87. The van der Waals surface area contributed by atoms with Gasteiger partial charge in [-0.25, -0.2) is 0 Å². The van der Waals surface area contributed by atoms with Crippen LogP contribution in [0.5, 0.6) is 0 Å². The van der Waals surface area contributed by atoms with Crippen LogP contribution >= 0.6 is 0 Å². The first-order valence-corrected chi connectivity index (χ1v) is 9.19. The molecule has 0 saturated carbocycles. The van der Waals surface area contributed by atoms with Gasteiger partial charge in [-0.15, -0.1) is 0 Å². The van der Waals surface area contributed by atoms with Crippen molar-refractivity contribution in [3.05, 3.63) is 101 Å². The van der Waals surface area contributed by atoms with E-state index in [4.69, 9.17) is 5.73 Å². The van der Waals surface area contributed by atoms with E-state index < -0.39 is 5.91 Å². The lowest BCUT2D eigenvalue weighted by molar-refractivity contribution is 0.100. The third-order valence-corrected chi connectivity index (χ3v) is 4.84. The summed E-state index contributed by atoms with van der Waals surface area (Å²) in [6.45, 7) is 0.662. The second-order valence-electron chi connectivity index (χ2n) is 6.90. The van der Waals surface area contributed by atoms with Gasteiger partial charge >= 0.3 is 0 Å². The van der Waals surface area contributed by atoms with E-state index in [-0.39, 0.29) is 5.56 Å². The Hall–Kier alpha value is -3.93. The highest BCUT2D eigenvalue weighted by molar-refractivity contribution is 5.93. The summed E-state index contributed by atoms with van der Waals surface area (Å²) < 4.78 is 3.42. The monoisotopic (exact) mass is 384 g/mol. The number of nitrogens with two attached hydrogens (primary N) is 1.